The van der Waals surface area contributed by atoms with Crippen molar-refractivity contribution in [3.63, 3.8) is 0 Å². The van der Waals surface area contributed by atoms with Gasteiger partial charge in [-0.2, -0.15) is 0 Å². The van der Waals surface area contributed by atoms with E-state index in [0.717, 1.165) is 24.2 Å². The normalized spacial score (nSPS) is 21.7. The number of methoxy groups -OCH3 is 1. The summed E-state index contributed by atoms with van der Waals surface area (Å²) >= 11 is 1.65. The van der Waals surface area contributed by atoms with Crippen molar-refractivity contribution < 1.29 is 19.1 Å². The lowest BCUT2D eigenvalue weighted by Crippen LogP contribution is -2.46. The average molecular weight is 372 g/mol. The first-order valence-electron chi connectivity index (χ1n) is 8.62. The molecule has 1 N–H and O–H groups in total. The molecule has 0 unspecified atom stereocenters. The lowest BCUT2D eigenvalue weighted by Gasteiger charge is -2.31. The predicted octanol–water partition coefficient (Wildman–Crippen LogP) is 2.92. The molecule has 1 aromatic carbocycles. The number of nitrogens with zero attached hydrogens (tertiary/aromatic N) is 1. The van der Waals surface area contributed by atoms with E-state index in [0.29, 0.717) is 12.2 Å². The van der Waals surface area contributed by atoms with Crippen LogP contribution in [0.1, 0.15) is 23.3 Å². The van der Waals surface area contributed by atoms with E-state index in [1.807, 2.05) is 11.4 Å². The Labute approximate surface area is 155 Å². The molecule has 136 valence electrons. The van der Waals surface area contributed by atoms with Crippen LogP contribution in [0.4, 0.5) is 4.79 Å². The molecule has 1 fully saturated rings. The molecule has 0 bridgehead atoms. The molecule has 1 atom stereocenters. The van der Waals surface area contributed by atoms with Crippen LogP contribution in [-0.2, 0) is 16.8 Å². The third-order valence-corrected chi connectivity index (χ3v) is 5.96. The minimum atomic E-state index is -0.884. The number of imide groups is 1. The van der Waals surface area contributed by atoms with Gasteiger partial charge in [-0.25, -0.2) is 4.79 Å². The first kappa shape index (κ1) is 16.9. The highest BCUT2D eigenvalue weighted by Crippen LogP contribution is 2.42. The molecule has 0 radical (unpaired) electrons. The van der Waals surface area contributed by atoms with Gasteiger partial charge in [-0.15, -0.1) is 11.3 Å². The number of fused-ring (bicyclic) bond motifs is 2. The van der Waals surface area contributed by atoms with Crippen molar-refractivity contribution in [2.24, 2.45) is 0 Å². The Kier molecular flexibility index (Phi) is 4.32. The van der Waals surface area contributed by atoms with Crippen LogP contribution in [0, 0.1) is 0 Å². The first-order valence-corrected chi connectivity index (χ1v) is 9.50. The highest BCUT2D eigenvalue weighted by atomic mass is 32.1. The summed E-state index contributed by atoms with van der Waals surface area (Å²) in [5.41, 5.74) is 0.0794. The van der Waals surface area contributed by atoms with Crippen molar-refractivity contribution in [1.82, 2.24) is 10.2 Å². The summed E-state index contributed by atoms with van der Waals surface area (Å²) in [5.74, 6) is 1.25. The molecule has 2 aromatic rings. The molecule has 7 heteroatoms. The van der Waals surface area contributed by atoms with Crippen LogP contribution >= 0.6 is 11.3 Å². The quantitative estimate of drug-likeness (QED) is 0.820. The molecule has 1 spiro atoms. The van der Waals surface area contributed by atoms with Crippen LogP contribution in [0.5, 0.6) is 11.5 Å². The minimum Gasteiger partial charge on any atom is -0.497 e. The number of urea groups is 1. The minimum absolute atomic E-state index is 0.166. The summed E-state index contributed by atoms with van der Waals surface area (Å²) < 4.78 is 10.8. The van der Waals surface area contributed by atoms with Crippen LogP contribution in [-0.4, -0.2) is 37.1 Å². The molecule has 6 nitrogen and oxygen atoms in total. The standard InChI is InChI=1S/C19H20N2O4S/c1-24-13-4-6-14(7-5-13)25-11-10-21-17(22)19(20-18(21)23)9-2-3-16-15(19)8-12-26-16/h4-8,12H,2-3,9-11H2,1H3,(H,20,23)/t19-/m1/s1. The predicted molar refractivity (Wildman–Crippen MR) is 97.7 cm³/mol. The molecule has 4 rings (SSSR count). The number of hydrogen-bond acceptors (Lipinski definition) is 5. The monoisotopic (exact) mass is 372 g/mol. The summed E-state index contributed by atoms with van der Waals surface area (Å²) in [6.45, 7) is 0.468. The Morgan fingerprint density at radius 2 is 1.96 bits per heavy atom. The molecule has 2 heterocycles. The van der Waals surface area contributed by atoms with Crippen LogP contribution in [0.3, 0.4) is 0 Å². The van der Waals surface area contributed by atoms with Gasteiger partial charge in [0.25, 0.3) is 5.91 Å². The van der Waals surface area contributed by atoms with Crippen LogP contribution in [0.2, 0.25) is 0 Å². The number of benzene rings is 1. The van der Waals surface area contributed by atoms with Crippen molar-refractivity contribution >= 4 is 23.3 Å². The van der Waals surface area contributed by atoms with E-state index < -0.39 is 5.54 Å². The number of ether oxygens (including phenoxy) is 2. The number of carbonyl (C=O) groups is 2. The third-order valence-electron chi connectivity index (χ3n) is 4.98. The Bertz CT molecular complexity index is 832. The van der Waals surface area contributed by atoms with Crippen molar-refractivity contribution in [3.05, 3.63) is 46.2 Å². The SMILES string of the molecule is COc1ccc(OCCN2C(=O)N[C@@]3(CCCc4sccc43)C2=O)cc1. The van der Waals surface area contributed by atoms with E-state index in [-0.39, 0.29) is 25.1 Å². The second-order valence-electron chi connectivity index (χ2n) is 6.43. The lowest BCUT2D eigenvalue weighted by atomic mass is 9.80. The number of thiophene rings is 1. The van der Waals surface area contributed by atoms with Gasteiger partial charge in [-0.05, 0) is 55.0 Å². The molecule has 3 amide bonds. The molecule has 1 saturated heterocycles. The van der Waals surface area contributed by atoms with E-state index in [4.69, 9.17) is 9.47 Å². The zero-order valence-electron chi connectivity index (χ0n) is 14.5. The lowest BCUT2D eigenvalue weighted by molar-refractivity contribution is -0.132. The summed E-state index contributed by atoms with van der Waals surface area (Å²) in [5, 5.41) is 4.94. The molecular weight excluding hydrogens is 352 g/mol. The summed E-state index contributed by atoms with van der Waals surface area (Å²) in [7, 11) is 1.60. The maximum Gasteiger partial charge on any atom is 0.325 e. The molecule has 1 aliphatic carbocycles. The second-order valence-corrected chi connectivity index (χ2v) is 7.43. The van der Waals surface area contributed by atoms with E-state index in [9.17, 15) is 9.59 Å². The molecule has 2 aliphatic rings. The Hall–Kier alpha value is -2.54. The van der Waals surface area contributed by atoms with Gasteiger partial charge in [0.2, 0.25) is 0 Å². The summed E-state index contributed by atoms with van der Waals surface area (Å²) in [6.07, 6.45) is 2.52. The zero-order valence-corrected chi connectivity index (χ0v) is 15.3. The number of aryl methyl sites for hydroxylation is 1. The van der Waals surface area contributed by atoms with Gasteiger partial charge < -0.3 is 14.8 Å². The van der Waals surface area contributed by atoms with Gasteiger partial charge in [-0.3, -0.25) is 9.69 Å². The number of amides is 3. The number of nitrogens with one attached hydrogen (secondary N) is 1. The Morgan fingerprint density at radius 1 is 1.19 bits per heavy atom. The highest BCUT2D eigenvalue weighted by Gasteiger charge is 2.54. The topological polar surface area (TPSA) is 67.9 Å². The number of hydrogen-bond donors (Lipinski definition) is 1. The molecule has 1 aromatic heterocycles. The largest absolute Gasteiger partial charge is 0.497 e. The number of carbonyl (C=O) groups excluding carboxylic acids is 2. The van der Waals surface area contributed by atoms with Crippen LogP contribution < -0.4 is 14.8 Å². The van der Waals surface area contributed by atoms with E-state index in [1.54, 1.807) is 42.7 Å². The summed E-state index contributed by atoms with van der Waals surface area (Å²) in [4.78, 5) is 28.0. The molecule has 26 heavy (non-hydrogen) atoms. The fourth-order valence-electron chi connectivity index (χ4n) is 3.67. The van der Waals surface area contributed by atoms with E-state index in [1.165, 1.54) is 9.78 Å². The van der Waals surface area contributed by atoms with Gasteiger partial charge in [0, 0.05) is 10.4 Å². The summed E-state index contributed by atoms with van der Waals surface area (Å²) in [6, 6.07) is 8.83. The highest BCUT2D eigenvalue weighted by molar-refractivity contribution is 7.10. The maximum atomic E-state index is 13.1. The second kappa shape index (κ2) is 6.64. The van der Waals surface area contributed by atoms with Crippen LogP contribution in [0.25, 0.3) is 0 Å². The van der Waals surface area contributed by atoms with E-state index in [2.05, 4.69) is 5.32 Å². The molecule has 1 aliphatic heterocycles. The third kappa shape index (κ3) is 2.72. The van der Waals surface area contributed by atoms with Crippen molar-refractivity contribution in [2.75, 3.05) is 20.3 Å². The van der Waals surface area contributed by atoms with Crippen molar-refractivity contribution in [3.8, 4) is 11.5 Å². The van der Waals surface area contributed by atoms with Gasteiger partial charge >= 0.3 is 6.03 Å². The van der Waals surface area contributed by atoms with Gasteiger partial charge in [0.15, 0.2) is 0 Å². The molecular formula is C19H20N2O4S. The number of rotatable bonds is 5. The fraction of sp³-hybridized carbons (Fsp3) is 0.368. The average Bonchev–Trinajstić information content (AvgIpc) is 3.22. The zero-order chi connectivity index (χ0) is 18.1. The smallest absolute Gasteiger partial charge is 0.325 e. The Balaban J connectivity index is 1.44. The van der Waals surface area contributed by atoms with E-state index >= 15 is 0 Å². The first-order chi connectivity index (χ1) is 12.6. The fourth-order valence-corrected chi connectivity index (χ4v) is 4.67. The van der Waals surface area contributed by atoms with Crippen LogP contribution in [0.15, 0.2) is 35.7 Å². The van der Waals surface area contributed by atoms with Gasteiger partial charge in [-0.1, -0.05) is 0 Å². The van der Waals surface area contributed by atoms with Crippen molar-refractivity contribution in [1.29, 1.82) is 0 Å². The van der Waals surface area contributed by atoms with Crippen molar-refractivity contribution in [2.45, 2.75) is 24.8 Å². The Morgan fingerprint density at radius 3 is 2.73 bits per heavy atom. The maximum absolute atomic E-state index is 13.1. The molecule has 0 saturated carbocycles. The van der Waals surface area contributed by atoms with Gasteiger partial charge in [0.05, 0.1) is 13.7 Å². The van der Waals surface area contributed by atoms with Gasteiger partial charge in [0.1, 0.15) is 23.6 Å².